The Bertz CT molecular complexity index is 442. The molecule has 3 atom stereocenters. The Morgan fingerprint density at radius 2 is 1.85 bits per heavy atom. The second-order valence-corrected chi connectivity index (χ2v) is 5.42. The van der Waals surface area contributed by atoms with Gasteiger partial charge in [0.1, 0.15) is 0 Å². The number of aliphatic hydroxyl groups excluding tert-OH is 2. The van der Waals surface area contributed by atoms with Crippen LogP contribution in [0.3, 0.4) is 0 Å². The van der Waals surface area contributed by atoms with Gasteiger partial charge in [0, 0.05) is 20.1 Å². The number of amides is 1. The van der Waals surface area contributed by atoms with Gasteiger partial charge in [0.2, 0.25) is 5.91 Å². The zero-order valence-corrected chi connectivity index (χ0v) is 11.9. The van der Waals surface area contributed by atoms with Gasteiger partial charge < -0.3 is 15.1 Å². The first-order chi connectivity index (χ1) is 9.49. The molecule has 0 saturated carbocycles. The van der Waals surface area contributed by atoms with Crippen LogP contribution in [0.1, 0.15) is 18.5 Å². The van der Waals surface area contributed by atoms with Crippen LogP contribution < -0.4 is 0 Å². The van der Waals surface area contributed by atoms with E-state index < -0.39 is 12.2 Å². The van der Waals surface area contributed by atoms with Gasteiger partial charge in [-0.3, -0.25) is 9.69 Å². The smallest absolute Gasteiger partial charge is 0.236 e. The molecule has 110 valence electrons. The molecule has 0 bridgehead atoms. The van der Waals surface area contributed by atoms with Crippen LogP contribution in [0.2, 0.25) is 0 Å². The number of nitrogens with zero attached hydrogens (tertiary/aromatic N) is 2. The van der Waals surface area contributed by atoms with Gasteiger partial charge in [0.25, 0.3) is 0 Å². The third-order valence-electron chi connectivity index (χ3n) is 3.95. The van der Waals surface area contributed by atoms with Crippen molar-refractivity contribution in [3.63, 3.8) is 0 Å². The van der Waals surface area contributed by atoms with Crippen molar-refractivity contribution in [2.24, 2.45) is 0 Å². The average Bonchev–Trinajstić information content (AvgIpc) is 2.76. The lowest BCUT2D eigenvalue weighted by Gasteiger charge is -2.27. The van der Waals surface area contributed by atoms with Gasteiger partial charge in [-0.1, -0.05) is 30.3 Å². The number of hydrogen-bond acceptors (Lipinski definition) is 4. The van der Waals surface area contributed by atoms with E-state index in [2.05, 4.69) is 0 Å². The van der Waals surface area contributed by atoms with Crippen molar-refractivity contribution in [1.29, 1.82) is 0 Å². The average molecular weight is 278 g/mol. The van der Waals surface area contributed by atoms with E-state index in [0.717, 1.165) is 5.56 Å². The molecule has 1 fully saturated rings. The molecule has 0 aromatic heterocycles. The number of rotatable bonds is 4. The maximum Gasteiger partial charge on any atom is 0.236 e. The van der Waals surface area contributed by atoms with E-state index >= 15 is 0 Å². The van der Waals surface area contributed by atoms with Crippen molar-refractivity contribution < 1.29 is 15.0 Å². The first-order valence-corrected chi connectivity index (χ1v) is 6.88. The minimum absolute atomic E-state index is 0.00106. The summed E-state index contributed by atoms with van der Waals surface area (Å²) in [6.45, 7) is 2.91. The fourth-order valence-corrected chi connectivity index (χ4v) is 2.45. The van der Waals surface area contributed by atoms with Crippen LogP contribution in [-0.4, -0.2) is 64.8 Å². The van der Waals surface area contributed by atoms with E-state index in [1.165, 1.54) is 0 Å². The highest BCUT2D eigenvalue weighted by Crippen LogP contribution is 2.19. The van der Waals surface area contributed by atoms with Crippen molar-refractivity contribution in [3.8, 4) is 0 Å². The van der Waals surface area contributed by atoms with Crippen LogP contribution in [-0.2, 0) is 4.79 Å². The summed E-state index contributed by atoms with van der Waals surface area (Å²) in [7, 11) is 1.78. The van der Waals surface area contributed by atoms with Gasteiger partial charge in [-0.15, -0.1) is 0 Å². The summed E-state index contributed by atoms with van der Waals surface area (Å²) in [5.74, 6) is -0.0114. The summed E-state index contributed by atoms with van der Waals surface area (Å²) in [6.07, 6.45) is -1.50. The first-order valence-electron chi connectivity index (χ1n) is 6.88. The second-order valence-electron chi connectivity index (χ2n) is 5.42. The van der Waals surface area contributed by atoms with Crippen LogP contribution in [0.4, 0.5) is 0 Å². The molecule has 20 heavy (non-hydrogen) atoms. The monoisotopic (exact) mass is 278 g/mol. The molecule has 5 nitrogen and oxygen atoms in total. The van der Waals surface area contributed by atoms with E-state index in [9.17, 15) is 15.0 Å². The normalized spacial score (nSPS) is 24.6. The van der Waals surface area contributed by atoms with E-state index in [1.807, 2.05) is 37.3 Å². The molecule has 0 spiro atoms. The molecular weight excluding hydrogens is 256 g/mol. The number of aliphatic hydroxyl groups is 2. The van der Waals surface area contributed by atoms with Crippen LogP contribution >= 0.6 is 0 Å². The third-order valence-corrected chi connectivity index (χ3v) is 3.95. The lowest BCUT2D eigenvalue weighted by molar-refractivity contribution is -0.132. The molecule has 1 unspecified atom stereocenters. The summed E-state index contributed by atoms with van der Waals surface area (Å²) in [5.41, 5.74) is 1.09. The fourth-order valence-electron chi connectivity index (χ4n) is 2.45. The van der Waals surface area contributed by atoms with Gasteiger partial charge in [0.15, 0.2) is 0 Å². The van der Waals surface area contributed by atoms with E-state index in [0.29, 0.717) is 13.1 Å². The highest BCUT2D eigenvalue weighted by Gasteiger charge is 2.31. The Labute approximate surface area is 119 Å². The minimum Gasteiger partial charge on any atom is -0.389 e. The Kier molecular flexibility index (Phi) is 4.75. The van der Waals surface area contributed by atoms with Crippen molar-refractivity contribution in [3.05, 3.63) is 35.9 Å². The molecule has 5 heteroatoms. The molecule has 1 amide bonds. The van der Waals surface area contributed by atoms with Gasteiger partial charge >= 0.3 is 0 Å². The van der Waals surface area contributed by atoms with Crippen LogP contribution in [0, 0.1) is 0 Å². The Morgan fingerprint density at radius 1 is 1.30 bits per heavy atom. The van der Waals surface area contributed by atoms with Gasteiger partial charge in [-0.25, -0.2) is 0 Å². The SMILES string of the molecule is CC(c1ccccc1)N(C)C(=O)CN1C[C@@H](O)[C@@H](O)C1. The summed E-state index contributed by atoms with van der Waals surface area (Å²) in [4.78, 5) is 15.7. The molecule has 2 N–H and O–H groups in total. The fraction of sp³-hybridized carbons (Fsp3) is 0.533. The van der Waals surface area contributed by atoms with E-state index in [1.54, 1.807) is 16.8 Å². The number of carbonyl (C=O) groups is 1. The largest absolute Gasteiger partial charge is 0.389 e. The number of likely N-dealkylation sites (N-methyl/N-ethyl adjacent to an activating group) is 1. The second kappa shape index (κ2) is 6.35. The summed E-state index contributed by atoms with van der Waals surface area (Å²) < 4.78 is 0. The maximum absolute atomic E-state index is 12.2. The molecule has 1 saturated heterocycles. The number of β-amino-alcohol motifs (C(OH)–C–C–N with tert-alkyl or cyclic N) is 2. The quantitative estimate of drug-likeness (QED) is 0.828. The third kappa shape index (κ3) is 3.36. The summed E-state index contributed by atoms with van der Waals surface area (Å²) >= 11 is 0. The highest BCUT2D eigenvalue weighted by molar-refractivity contribution is 5.78. The molecule has 1 aromatic rings. The first kappa shape index (κ1) is 15.0. The van der Waals surface area contributed by atoms with E-state index in [4.69, 9.17) is 0 Å². The molecule has 1 aromatic carbocycles. The molecular formula is C15H22N2O3. The van der Waals surface area contributed by atoms with E-state index in [-0.39, 0.29) is 18.5 Å². The Hall–Kier alpha value is -1.43. The lowest BCUT2D eigenvalue weighted by Crippen LogP contribution is -2.39. The molecule has 1 aliphatic rings. The molecule has 0 aliphatic carbocycles. The molecule has 0 radical (unpaired) electrons. The molecule has 1 aliphatic heterocycles. The van der Waals surface area contributed by atoms with Crippen LogP contribution in [0.25, 0.3) is 0 Å². The summed E-state index contributed by atoms with van der Waals surface area (Å²) in [6, 6.07) is 9.86. The Morgan fingerprint density at radius 3 is 2.40 bits per heavy atom. The number of carbonyl (C=O) groups excluding carboxylic acids is 1. The van der Waals surface area contributed by atoms with Crippen molar-refractivity contribution in [1.82, 2.24) is 9.80 Å². The molecule has 1 heterocycles. The van der Waals surface area contributed by atoms with Crippen molar-refractivity contribution in [2.45, 2.75) is 25.2 Å². The topological polar surface area (TPSA) is 64.0 Å². The number of likely N-dealkylation sites (tertiary alicyclic amines) is 1. The standard InChI is InChI=1S/C15H22N2O3/c1-11(12-6-4-3-5-7-12)16(2)15(20)10-17-8-13(18)14(19)9-17/h3-7,11,13-14,18-19H,8-10H2,1-2H3/t11?,13-,14+. The molecule has 2 rings (SSSR count). The lowest BCUT2D eigenvalue weighted by atomic mass is 10.1. The van der Waals surface area contributed by atoms with Gasteiger partial charge in [-0.2, -0.15) is 0 Å². The predicted molar refractivity (Wildman–Crippen MR) is 76.1 cm³/mol. The highest BCUT2D eigenvalue weighted by atomic mass is 16.3. The van der Waals surface area contributed by atoms with Crippen molar-refractivity contribution in [2.75, 3.05) is 26.7 Å². The zero-order valence-electron chi connectivity index (χ0n) is 11.9. The van der Waals surface area contributed by atoms with Crippen molar-refractivity contribution >= 4 is 5.91 Å². The predicted octanol–water partition coefficient (Wildman–Crippen LogP) is 0.243. The van der Waals surface area contributed by atoms with Crippen LogP contribution in [0.5, 0.6) is 0 Å². The number of hydrogen-bond donors (Lipinski definition) is 2. The zero-order chi connectivity index (χ0) is 14.7. The number of benzene rings is 1. The summed E-state index contributed by atoms with van der Waals surface area (Å²) in [5, 5.41) is 19.0. The van der Waals surface area contributed by atoms with Gasteiger partial charge in [-0.05, 0) is 12.5 Å². The Balaban J connectivity index is 1.92. The maximum atomic E-state index is 12.2. The van der Waals surface area contributed by atoms with Crippen LogP contribution in [0.15, 0.2) is 30.3 Å². The van der Waals surface area contributed by atoms with Gasteiger partial charge in [0.05, 0.1) is 24.8 Å². The minimum atomic E-state index is -0.750.